The minimum absolute atomic E-state index is 0.0439. The Hall–Kier alpha value is -2.62. The number of amides is 1. The number of fused-ring (bicyclic) bond motifs is 1. The largest absolute Gasteiger partial charge is 0.325 e. The van der Waals surface area contributed by atoms with Crippen molar-refractivity contribution in [2.24, 2.45) is 0 Å². The lowest BCUT2D eigenvalue weighted by molar-refractivity contribution is -0.116. The average molecular weight is 321 g/mol. The molecule has 0 saturated carbocycles. The van der Waals surface area contributed by atoms with Crippen LogP contribution in [-0.2, 0) is 11.3 Å². The Balaban J connectivity index is 1.72. The number of hydrogen-bond acceptors (Lipinski definition) is 2. The van der Waals surface area contributed by atoms with Crippen LogP contribution in [0.25, 0.3) is 11.0 Å². The van der Waals surface area contributed by atoms with Crippen molar-refractivity contribution in [2.45, 2.75) is 39.7 Å². The molecule has 124 valence electrons. The normalized spacial score (nSPS) is 12.3. The summed E-state index contributed by atoms with van der Waals surface area (Å²) in [4.78, 5) is 16.9. The quantitative estimate of drug-likeness (QED) is 0.752. The summed E-state index contributed by atoms with van der Waals surface area (Å²) in [6.07, 6.45) is 1.11. The summed E-state index contributed by atoms with van der Waals surface area (Å²) in [5.74, 6) is 1.34. The van der Waals surface area contributed by atoms with Gasteiger partial charge in [0.05, 0.1) is 11.0 Å². The van der Waals surface area contributed by atoms with Crippen molar-refractivity contribution in [2.75, 3.05) is 5.32 Å². The molecule has 0 radical (unpaired) electrons. The van der Waals surface area contributed by atoms with Gasteiger partial charge in [-0.25, -0.2) is 4.98 Å². The Morgan fingerprint density at radius 1 is 1.17 bits per heavy atom. The minimum Gasteiger partial charge on any atom is -0.325 e. The highest BCUT2D eigenvalue weighted by molar-refractivity contribution is 5.91. The van der Waals surface area contributed by atoms with Gasteiger partial charge in [-0.15, -0.1) is 0 Å². The summed E-state index contributed by atoms with van der Waals surface area (Å²) >= 11 is 0. The fraction of sp³-hybridized carbons (Fsp3) is 0.300. The summed E-state index contributed by atoms with van der Waals surface area (Å²) in [7, 11) is 0. The molecule has 1 atom stereocenters. The molecule has 0 bridgehead atoms. The maximum absolute atomic E-state index is 12.4. The number of imidazole rings is 1. The number of aryl methyl sites for hydroxylation is 1. The van der Waals surface area contributed by atoms with E-state index in [4.69, 9.17) is 0 Å². The third kappa shape index (κ3) is 3.32. The Morgan fingerprint density at radius 2 is 1.88 bits per heavy atom. The van der Waals surface area contributed by atoms with Gasteiger partial charge in [-0.2, -0.15) is 0 Å². The molecule has 1 amide bonds. The molecule has 1 heterocycles. The number of nitrogens with zero attached hydrogens (tertiary/aromatic N) is 2. The molecular weight excluding hydrogens is 298 g/mol. The van der Waals surface area contributed by atoms with Gasteiger partial charge < -0.3 is 9.88 Å². The van der Waals surface area contributed by atoms with E-state index in [0.717, 1.165) is 29.0 Å². The van der Waals surface area contributed by atoms with Gasteiger partial charge in [0.25, 0.3) is 0 Å². The topological polar surface area (TPSA) is 46.9 Å². The Kier molecular flexibility index (Phi) is 4.65. The van der Waals surface area contributed by atoms with E-state index in [1.165, 1.54) is 5.56 Å². The standard InChI is InChI=1S/C20H23N3O/c1-4-14(2)16-9-11-17(12-10-16)22-20(24)13-23-15(3)21-18-7-5-6-8-19(18)23/h5-12,14H,4,13H2,1-3H3,(H,22,24)/t14-/m0/s1. The lowest BCUT2D eigenvalue weighted by atomic mass is 9.99. The van der Waals surface area contributed by atoms with E-state index in [0.29, 0.717) is 5.92 Å². The highest BCUT2D eigenvalue weighted by Gasteiger charge is 2.11. The van der Waals surface area contributed by atoms with Gasteiger partial charge in [-0.3, -0.25) is 4.79 Å². The zero-order valence-electron chi connectivity index (χ0n) is 14.4. The summed E-state index contributed by atoms with van der Waals surface area (Å²) < 4.78 is 1.94. The second-order valence-corrected chi connectivity index (χ2v) is 6.21. The summed E-state index contributed by atoms with van der Waals surface area (Å²) in [6, 6.07) is 16.0. The van der Waals surface area contributed by atoms with Gasteiger partial charge in [0.15, 0.2) is 0 Å². The van der Waals surface area contributed by atoms with E-state index >= 15 is 0 Å². The van der Waals surface area contributed by atoms with Crippen LogP contribution in [0.4, 0.5) is 5.69 Å². The van der Waals surface area contributed by atoms with Crippen LogP contribution in [0.3, 0.4) is 0 Å². The van der Waals surface area contributed by atoms with Crippen LogP contribution in [0.15, 0.2) is 48.5 Å². The lowest BCUT2D eigenvalue weighted by Gasteiger charge is -2.11. The Morgan fingerprint density at radius 3 is 2.58 bits per heavy atom. The number of aromatic nitrogens is 2. The molecule has 3 rings (SSSR count). The van der Waals surface area contributed by atoms with Crippen molar-refractivity contribution in [3.63, 3.8) is 0 Å². The molecule has 0 aliphatic carbocycles. The van der Waals surface area contributed by atoms with Crippen LogP contribution in [-0.4, -0.2) is 15.5 Å². The number of rotatable bonds is 5. The summed E-state index contributed by atoms with van der Waals surface area (Å²) in [5, 5.41) is 2.97. The first-order valence-corrected chi connectivity index (χ1v) is 8.40. The second-order valence-electron chi connectivity index (χ2n) is 6.21. The molecule has 1 aromatic heterocycles. The zero-order valence-corrected chi connectivity index (χ0v) is 14.4. The van der Waals surface area contributed by atoms with Crippen molar-refractivity contribution >= 4 is 22.6 Å². The van der Waals surface area contributed by atoms with E-state index in [2.05, 4.69) is 36.3 Å². The monoisotopic (exact) mass is 321 g/mol. The maximum atomic E-state index is 12.4. The molecule has 0 spiro atoms. The molecule has 4 heteroatoms. The van der Waals surface area contributed by atoms with E-state index in [9.17, 15) is 4.79 Å². The number of benzene rings is 2. The van der Waals surface area contributed by atoms with E-state index in [1.807, 2.05) is 47.9 Å². The zero-order chi connectivity index (χ0) is 17.1. The number of carbonyl (C=O) groups is 1. The molecule has 24 heavy (non-hydrogen) atoms. The highest BCUT2D eigenvalue weighted by Crippen LogP contribution is 2.21. The van der Waals surface area contributed by atoms with Crippen molar-refractivity contribution in [1.29, 1.82) is 0 Å². The highest BCUT2D eigenvalue weighted by atomic mass is 16.1. The molecule has 2 aromatic carbocycles. The number of anilines is 1. The molecular formula is C20H23N3O. The maximum Gasteiger partial charge on any atom is 0.244 e. The van der Waals surface area contributed by atoms with Crippen LogP contribution in [0.2, 0.25) is 0 Å². The van der Waals surface area contributed by atoms with E-state index in [1.54, 1.807) is 0 Å². The van der Waals surface area contributed by atoms with Crippen LogP contribution < -0.4 is 5.32 Å². The average Bonchev–Trinajstić information content (AvgIpc) is 2.90. The molecule has 0 aliphatic rings. The van der Waals surface area contributed by atoms with Crippen molar-refractivity contribution in [3.05, 3.63) is 59.9 Å². The third-order valence-corrected chi connectivity index (χ3v) is 4.52. The fourth-order valence-corrected chi connectivity index (χ4v) is 2.87. The first-order chi connectivity index (χ1) is 11.6. The second kappa shape index (κ2) is 6.87. The van der Waals surface area contributed by atoms with Crippen LogP contribution in [0.1, 0.15) is 37.6 Å². The lowest BCUT2D eigenvalue weighted by Crippen LogP contribution is -2.19. The molecule has 0 saturated heterocycles. The molecule has 0 aliphatic heterocycles. The van der Waals surface area contributed by atoms with Gasteiger partial charge in [-0.1, -0.05) is 38.1 Å². The molecule has 1 N–H and O–H groups in total. The summed E-state index contributed by atoms with van der Waals surface area (Å²) in [6.45, 7) is 6.58. The Labute approximate surface area is 142 Å². The predicted molar refractivity (Wildman–Crippen MR) is 98.2 cm³/mol. The number of para-hydroxylation sites is 2. The first kappa shape index (κ1) is 16.2. The van der Waals surface area contributed by atoms with Gasteiger partial charge in [0.1, 0.15) is 12.4 Å². The van der Waals surface area contributed by atoms with Crippen LogP contribution >= 0.6 is 0 Å². The first-order valence-electron chi connectivity index (χ1n) is 8.40. The SMILES string of the molecule is CC[C@H](C)c1ccc(NC(=O)Cn2c(C)nc3ccccc32)cc1. The molecule has 0 unspecified atom stereocenters. The molecule has 4 nitrogen and oxygen atoms in total. The fourth-order valence-electron chi connectivity index (χ4n) is 2.87. The van der Waals surface area contributed by atoms with E-state index in [-0.39, 0.29) is 12.5 Å². The van der Waals surface area contributed by atoms with Gasteiger partial charge in [-0.05, 0) is 49.1 Å². The van der Waals surface area contributed by atoms with Gasteiger partial charge in [0, 0.05) is 5.69 Å². The number of hydrogen-bond donors (Lipinski definition) is 1. The van der Waals surface area contributed by atoms with E-state index < -0.39 is 0 Å². The van der Waals surface area contributed by atoms with Crippen molar-refractivity contribution < 1.29 is 4.79 Å². The smallest absolute Gasteiger partial charge is 0.244 e. The van der Waals surface area contributed by atoms with Gasteiger partial charge in [0.2, 0.25) is 5.91 Å². The predicted octanol–water partition coefficient (Wildman–Crippen LogP) is 4.50. The van der Waals surface area contributed by atoms with Crippen LogP contribution in [0.5, 0.6) is 0 Å². The third-order valence-electron chi connectivity index (χ3n) is 4.52. The Bertz CT molecular complexity index is 849. The number of carbonyl (C=O) groups excluding carboxylic acids is 1. The summed E-state index contributed by atoms with van der Waals surface area (Å²) in [5.41, 5.74) is 4.03. The number of nitrogens with one attached hydrogen (secondary N) is 1. The van der Waals surface area contributed by atoms with Crippen molar-refractivity contribution in [3.8, 4) is 0 Å². The minimum atomic E-state index is -0.0439. The molecule has 3 aromatic rings. The van der Waals surface area contributed by atoms with Crippen molar-refractivity contribution in [1.82, 2.24) is 9.55 Å². The van der Waals surface area contributed by atoms with Gasteiger partial charge >= 0.3 is 0 Å². The van der Waals surface area contributed by atoms with Crippen LogP contribution in [0, 0.1) is 6.92 Å². The molecule has 0 fully saturated rings.